The largest absolute Gasteiger partial charge is 0.378 e. The first-order chi connectivity index (χ1) is 19.5. The van der Waals surface area contributed by atoms with Crippen molar-refractivity contribution in [3.05, 3.63) is 120 Å². The number of benzene rings is 4. The van der Waals surface area contributed by atoms with Gasteiger partial charge in [-0.15, -0.1) is 0 Å². The number of amides is 1. The van der Waals surface area contributed by atoms with Crippen molar-refractivity contribution >= 4 is 33.0 Å². The molecule has 7 heteroatoms. The number of rotatable bonds is 6. The van der Waals surface area contributed by atoms with Crippen LogP contribution in [0.1, 0.15) is 52.7 Å². The van der Waals surface area contributed by atoms with Crippen molar-refractivity contribution in [2.45, 2.75) is 36.1 Å². The van der Waals surface area contributed by atoms with Crippen LogP contribution in [0.5, 0.6) is 0 Å². The Morgan fingerprint density at radius 3 is 2.23 bits per heavy atom. The van der Waals surface area contributed by atoms with Gasteiger partial charge in [-0.25, -0.2) is 8.42 Å². The Labute approximate surface area is 234 Å². The molecule has 1 aliphatic heterocycles. The lowest BCUT2D eigenvalue weighted by Gasteiger charge is -2.43. The third kappa shape index (κ3) is 4.44. The number of anilines is 3. The molecule has 0 spiro atoms. The third-order valence-corrected chi connectivity index (χ3v) is 10.4. The van der Waals surface area contributed by atoms with Crippen LogP contribution in [0, 0.1) is 17.8 Å². The number of carbonyl (C=O) groups is 1. The molecule has 3 N–H and O–H groups in total. The van der Waals surface area contributed by atoms with E-state index in [4.69, 9.17) is 0 Å². The molecule has 7 rings (SSSR count). The van der Waals surface area contributed by atoms with Crippen LogP contribution in [0.4, 0.5) is 17.1 Å². The van der Waals surface area contributed by atoms with Gasteiger partial charge in [0.2, 0.25) is 0 Å². The summed E-state index contributed by atoms with van der Waals surface area (Å²) in [6.07, 6.45) is 3.82. The fourth-order valence-corrected chi connectivity index (χ4v) is 8.32. The van der Waals surface area contributed by atoms with Crippen molar-refractivity contribution in [2.24, 2.45) is 17.8 Å². The van der Waals surface area contributed by atoms with Crippen LogP contribution in [0.25, 0.3) is 0 Å². The maximum Gasteiger partial charge on any atom is 0.261 e. The summed E-state index contributed by atoms with van der Waals surface area (Å²) in [6, 6.07) is 32.0. The van der Waals surface area contributed by atoms with Crippen molar-refractivity contribution in [2.75, 3.05) is 15.4 Å². The predicted molar refractivity (Wildman–Crippen MR) is 158 cm³/mol. The van der Waals surface area contributed by atoms with Crippen molar-refractivity contribution < 1.29 is 13.2 Å². The number of carbonyl (C=O) groups excluding carboxylic acids is 1. The van der Waals surface area contributed by atoms with Crippen molar-refractivity contribution in [1.29, 1.82) is 0 Å². The van der Waals surface area contributed by atoms with E-state index in [1.165, 1.54) is 42.5 Å². The highest BCUT2D eigenvalue weighted by Crippen LogP contribution is 2.63. The zero-order valence-electron chi connectivity index (χ0n) is 22.0. The quantitative estimate of drug-likeness (QED) is 0.241. The Balaban J connectivity index is 1.11. The van der Waals surface area contributed by atoms with Crippen LogP contribution in [0.3, 0.4) is 0 Å². The van der Waals surface area contributed by atoms with E-state index in [0.29, 0.717) is 46.7 Å². The first-order valence-electron chi connectivity index (χ1n) is 13.9. The maximum atomic E-state index is 13.3. The highest BCUT2D eigenvalue weighted by molar-refractivity contribution is 7.92. The molecule has 0 radical (unpaired) electrons. The van der Waals surface area contributed by atoms with E-state index in [-0.39, 0.29) is 10.8 Å². The van der Waals surface area contributed by atoms with Gasteiger partial charge < -0.3 is 10.6 Å². The average molecular weight is 550 g/mol. The van der Waals surface area contributed by atoms with Gasteiger partial charge in [0.25, 0.3) is 15.9 Å². The molecule has 0 aromatic heterocycles. The lowest BCUT2D eigenvalue weighted by Crippen LogP contribution is -2.35. The number of para-hydroxylation sites is 1. The van der Waals surface area contributed by atoms with Crippen LogP contribution in [0.2, 0.25) is 0 Å². The van der Waals surface area contributed by atoms with Crippen LogP contribution in [-0.4, -0.2) is 14.3 Å². The number of fused-ring (bicyclic) bond motifs is 7. The lowest BCUT2D eigenvalue weighted by atomic mass is 9.68. The predicted octanol–water partition coefficient (Wildman–Crippen LogP) is 7.04. The molecule has 2 fully saturated rings. The highest BCUT2D eigenvalue weighted by Gasteiger charge is 2.53. The van der Waals surface area contributed by atoms with Gasteiger partial charge >= 0.3 is 0 Å². The fourth-order valence-electron chi connectivity index (χ4n) is 7.26. The van der Waals surface area contributed by atoms with E-state index >= 15 is 0 Å². The Morgan fingerprint density at radius 2 is 1.48 bits per heavy atom. The standard InChI is InChI=1S/C33H31N3O3S/c37-33(34-25-14-16-27(17-15-25)40(38,39)36-26-9-5-2-6-10-26)24-13-18-29-28(20-24)30-22-11-12-23(19-22)31(30)32(35-29)21-7-3-1-4-8-21/h1-10,13-18,20,22-23,30-32,35-36H,11-12,19H2,(H,34,37)/t22-,23-,30-,31+,32+/m0/s1. The molecule has 0 unspecified atom stereocenters. The fraction of sp³-hybridized carbons (Fsp3) is 0.242. The molecule has 40 heavy (non-hydrogen) atoms. The topological polar surface area (TPSA) is 87.3 Å². The van der Waals surface area contributed by atoms with Gasteiger partial charge in [0, 0.05) is 22.6 Å². The zero-order valence-corrected chi connectivity index (χ0v) is 22.8. The minimum absolute atomic E-state index is 0.129. The Bertz CT molecular complexity index is 1660. The molecule has 6 nitrogen and oxygen atoms in total. The molecule has 4 aromatic rings. The molecule has 2 bridgehead atoms. The van der Waals surface area contributed by atoms with Gasteiger partial charge in [0.1, 0.15) is 0 Å². The SMILES string of the molecule is O=C(Nc1ccc(S(=O)(=O)Nc2ccccc2)cc1)c1ccc2c(c1)[C@@H]1[C@H]3CC[C@@H](C3)[C@H]1[C@@H](c1ccccc1)N2. The van der Waals surface area contributed by atoms with Gasteiger partial charge in [-0.3, -0.25) is 9.52 Å². The van der Waals surface area contributed by atoms with Gasteiger partial charge in [-0.2, -0.15) is 0 Å². The van der Waals surface area contributed by atoms with E-state index in [1.807, 2.05) is 18.2 Å². The molecular weight excluding hydrogens is 518 g/mol. The van der Waals surface area contributed by atoms with E-state index in [0.717, 1.165) is 5.69 Å². The van der Waals surface area contributed by atoms with E-state index < -0.39 is 10.0 Å². The normalized spacial score (nSPS) is 24.4. The summed E-state index contributed by atoms with van der Waals surface area (Å²) in [5.74, 6) is 2.16. The maximum absolute atomic E-state index is 13.3. The van der Waals surface area contributed by atoms with E-state index in [9.17, 15) is 13.2 Å². The molecule has 4 aromatic carbocycles. The van der Waals surface area contributed by atoms with E-state index in [2.05, 4.69) is 51.8 Å². The second kappa shape index (κ2) is 9.82. The lowest BCUT2D eigenvalue weighted by molar-refractivity contribution is 0.102. The van der Waals surface area contributed by atoms with Crippen LogP contribution < -0.4 is 15.4 Å². The second-order valence-electron chi connectivity index (χ2n) is 11.2. The van der Waals surface area contributed by atoms with Gasteiger partial charge in [-0.05, 0) is 109 Å². The minimum atomic E-state index is -3.73. The molecule has 3 aliphatic rings. The molecule has 202 valence electrons. The highest BCUT2D eigenvalue weighted by atomic mass is 32.2. The van der Waals surface area contributed by atoms with Crippen molar-refractivity contribution in [3.63, 3.8) is 0 Å². The molecule has 2 aliphatic carbocycles. The van der Waals surface area contributed by atoms with Crippen LogP contribution in [0.15, 0.2) is 108 Å². The smallest absolute Gasteiger partial charge is 0.261 e. The minimum Gasteiger partial charge on any atom is -0.378 e. The number of sulfonamides is 1. The van der Waals surface area contributed by atoms with Crippen molar-refractivity contribution in [1.82, 2.24) is 0 Å². The van der Waals surface area contributed by atoms with Gasteiger partial charge in [-0.1, -0.05) is 48.5 Å². The first-order valence-corrected chi connectivity index (χ1v) is 15.4. The van der Waals surface area contributed by atoms with Crippen LogP contribution >= 0.6 is 0 Å². The molecule has 2 saturated carbocycles. The third-order valence-electron chi connectivity index (χ3n) is 8.96. The van der Waals surface area contributed by atoms with Crippen molar-refractivity contribution in [3.8, 4) is 0 Å². The Hall–Kier alpha value is -4.10. The second-order valence-corrected chi connectivity index (χ2v) is 12.9. The summed E-state index contributed by atoms with van der Waals surface area (Å²) in [7, 11) is -3.73. The number of nitrogens with one attached hydrogen (secondary N) is 3. The zero-order chi connectivity index (χ0) is 27.3. The number of hydrogen-bond donors (Lipinski definition) is 3. The number of hydrogen-bond acceptors (Lipinski definition) is 4. The summed E-state index contributed by atoms with van der Waals surface area (Å²) >= 11 is 0. The Morgan fingerprint density at radius 1 is 0.775 bits per heavy atom. The van der Waals surface area contributed by atoms with Gasteiger partial charge in [0.15, 0.2) is 0 Å². The monoisotopic (exact) mass is 549 g/mol. The molecule has 5 atom stereocenters. The summed E-state index contributed by atoms with van der Waals surface area (Å²) in [5.41, 5.74) is 5.37. The van der Waals surface area contributed by atoms with Gasteiger partial charge in [0.05, 0.1) is 10.9 Å². The molecule has 1 heterocycles. The average Bonchev–Trinajstić information content (AvgIpc) is 3.61. The summed E-state index contributed by atoms with van der Waals surface area (Å²) < 4.78 is 28.1. The Kier molecular flexibility index (Phi) is 6.12. The summed E-state index contributed by atoms with van der Waals surface area (Å²) in [6.45, 7) is 0. The van der Waals surface area contributed by atoms with Crippen LogP contribution in [-0.2, 0) is 10.0 Å². The molecule has 0 saturated heterocycles. The summed E-state index contributed by atoms with van der Waals surface area (Å²) in [4.78, 5) is 13.4. The summed E-state index contributed by atoms with van der Waals surface area (Å²) in [5, 5.41) is 6.78. The molecular formula is C33H31N3O3S. The van der Waals surface area contributed by atoms with E-state index in [1.54, 1.807) is 36.4 Å². The first kappa shape index (κ1) is 24.9. The molecule has 1 amide bonds.